The fourth-order valence-corrected chi connectivity index (χ4v) is 1.60. The molecule has 3 N–H and O–H groups in total. The summed E-state index contributed by atoms with van der Waals surface area (Å²) in [5, 5.41) is 8.92. The number of hydrogen-bond donors (Lipinski definition) is 2. The highest BCUT2D eigenvalue weighted by molar-refractivity contribution is 5.36. The topological polar surface area (TPSA) is 49.5 Å². The van der Waals surface area contributed by atoms with Crippen LogP contribution in [0.2, 0.25) is 0 Å². The number of aliphatic hydroxyl groups excluding tert-OH is 1. The third-order valence-electron chi connectivity index (χ3n) is 2.56. The van der Waals surface area contributed by atoms with Crippen molar-refractivity contribution in [1.82, 2.24) is 4.90 Å². The maximum absolute atomic E-state index is 8.92. The average Bonchev–Trinajstić information content (AvgIpc) is 2.37. The predicted molar refractivity (Wildman–Crippen MR) is 70.4 cm³/mol. The summed E-state index contributed by atoms with van der Waals surface area (Å²) in [4.78, 5) is 2.20. The smallest absolute Gasteiger partial charge is 0.0558 e. The van der Waals surface area contributed by atoms with Crippen molar-refractivity contribution in [3.8, 4) is 11.8 Å². The molecule has 17 heavy (non-hydrogen) atoms. The zero-order valence-electron chi connectivity index (χ0n) is 10.3. The minimum atomic E-state index is 0.202. The van der Waals surface area contributed by atoms with Gasteiger partial charge in [0.2, 0.25) is 0 Å². The molecule has 3 heteroatoms. The second-order valence-corrected chi connectivity index (χ2v) is 3.80. The predicted octanol–water partition coefficient (Wildman–Crippen LogP) is 0.811. The van der Waals surface area contributed by atoms with E-state index < -0.39 is 0 Å². The van der Waals surface area contributed by atoms with Gasteiger partial charge in [0.15, 0.2) is 0 Å². The van der Waals surface area contributed by atoms with Gasteiger partial charge < -0.3 is 10.8 Å². The Morgan fingerprint density at radius 3 is 2.53 bits per heavy atom. The molecule has 0 aliphatic carbocycles. The fraction of sp³-hybridized carbons (Fsp3) is 0.429. The number of likely N-dealkylation sites (N-methyl/N-ethyl adjacent to an activating group) is 1. The van der Waals surface area contributed by atoms with Crippen molar-refractivity contribution in [3.05, 3.63) is 35.4 Å². The van der Waals surface area contributed by atoms with E-state index in [0.717, 1.165) is 18.7 Å². The normalized spacial score (nSPS) is 10.1. The van der Waals surface area contributed by atoms with E-state index in [0.29, 0.717) is 13.1 Å². The molecule has 0 saturated heterocycles. The molecule has 0 heterocycles. The minimum absolute atomic E-state index is 0.202. The summed E-state index contributed by atoms with van der Waals surface area (Å²) in [6.45, 7) is 5.20. The number of nitrogens with two attached hydrogens (primary N) is 1. The molecule has 0 amide bonds. The monoisotopic (exact) mass is 232 g/mol. The van der Waals surface area contributed by atoms with Crippen LogP contribution in [0.3, 0.4) is 0 Å². The summed E-state index contributed by atoms with van der Waals surface area (Å²) < 4.78 is 0. The van der Waals surface area contributed by atoms with Crippen LogP contribution in [-0.4, -0.2) is 36.2 Å². The lowest BCUT2D eigenvalue weighted by Crippen LogP contribution is -2.25. The van der Waals surface area contributed by atoms with Crippen LogP contribution in [0, 0.1) is 11.8 Å². The van der Waals surface area contributed by atoms with Crippen molar-refractivity contribution < 1.29 is 5.11 Å². The number of aliphatic hydroxyl groups is 1. The van der Waals surface area contributed by atoms with Crippen molar-refractivity contribution in [3.63, 3.8) is 0 Å². The Bertz CT molecular complexity index is 375. The van der Waals surface area contributed by atoms with E-state index in [9.17, 15) is 0 Å². The van der Waals surface area contributed by atoms with Crippen molar-refractivity contribution in [2.24, 2.45) is 5.73 Å². The molecular formula is C14H20N2O. The first-order valence-electron chi connectivity index (χ1n) is 5.91. The zero-order chi connectivity index (χ0) is 12.5. The van der Waals surface area contributed by atoms with Gasteiger partial charge in [0, 0.05) is 18.7 Å². The van der Waals surface area contributed by atoms with E-state index in [1.807, 2.05) is 12.1 Å². The van der Waals surface area contributed by atoms with Gasteiger partial charge in [-0.3, -0.25) is 4.90 Å². The number of benzene rings is 1. The lowest BCUT2D eigenvalue weighted by atomic mass is 10.1. The molecule has 0 aliphatic heterocycles. The SMILES string of the molecule is CCN(CCO)Cc1ccc(C#CCN)cc1. The van der Waals surface area contributed by atoms with Crippen LogP contribution < -0.4 is 5.73 Å². The van der Waals surface area contributed by atoms with Gasteiger partial charge in [-0.2, -0.15) is 0 Å². The van der Waals surface area contributed by atoms with Gasteiger partial charge in [0.25, 0.3) is 0 Å². The number of hydrogen-bond acceptors (Lipinski definition) is 3. The summed E-state index contributed by atoms with van der Waals surface area (Å²) in [5.41, 5.74) is 7.54. The largest absolute Gasteiger partial charge is 0.395 e. The molecule has 1 aromatic rings. The Kier molecular flexibility index (Phi) is 6.34. The molecule has 0 bridgehead atoms. The van der Waals surface area contributed by atoms with E-state index in [-0.39, 0.29) is 6.61 Å². The van der Waals surface area contributed by atoms with Crippen molar-refractivity contribution in [2.45, 2.75) is 13.5 Å². The fourth-order valence-electron chi connectivity index (χ4n) is 1.60. The minimum Gasteiger partial charge on any atom is -0.395 e. The maximum Gasteiger partial charge on any atom is 0.0558 e. The van der Waals surface area contributed by atoms with E-state index in [2.05, 4.69) is 35.8 Å². The molecule has 0 aromatic heterocycles. The molecule has 92 valence electrons. The molecule has 1 aromatic carbocycles. The molecule has 0 unspecified atom stereocenters. The summed E-state index contributed by atoms with van der Waals surface area (Å²) in [6, 6.07) is 8.15. The number of rotatable bonds is 5. The van der Waals surface area contributed by atoms with Crippen LogP contribution in [0.1, 0.15) is 18.1 Å². The Labute approximate surface area is 103 Å². The molecular weight excluding hydrogens is 212 g/mol. The molecule has 0 aliphatic rings. The zero-order valence-corrected chi connectivity index (χ0v) is 10.3. The Morgan fingerprint density at radius 1 is 1.29 bits per heavy atom. The van der Waals surface area contributed by atoms with E-state index in [1.165, 1.54) is 5.56 Å². The average molecular weight is 232 g/mol. The summed E-state index contributed by atoms with van der Waals surface area (Å²) in [6.07, 6.45) is 0. The van der Waals surface area contributed by atoms with Gasteiger partial charge in [-0.25, -0.2) is 0 Å². The first-order valence-corrected chi connectivity index (χ1v) is 5.91. The highest BCUT2D eigenvalue weighted by Crippen LogP contribution is 2.06. The van der Waals surface area contributed by atoms with Crippen LogP contribution in [0.4, 0.5) is 0 Å². The molecule has 0 atom stereocenters. The van der Waals surface area contributed by atoms with Crippen molar-refractivity contribution in [1.29, 1.82) is 0 Å². The number of nitrogens with zero attached hydrogens (tertiary/aromatic N) is 1. The van der Waals surface area contributed by atoms with E-state index in [1.54, 1.807) is 0 Å². The quantitative estimate of drug-likeness (QED) is 0.739. The molecule has 0 saturated carbocycles. The molecule has 0 radical (unpaired) electrons. The Morgan fingerprint density at radius 2 is 2.00 bits per heavy atom. The van der Waals surface area contributed by atoms with Crippen LogP contribution in [-0.2, 0) is 6.54 Å². The third-order valence-corrected chi connectivity index (χ3v) is 2.56. The highest BCUT2D eigenvalue weighted by Gasteiger charge is 2.02. The lowest BCUT2D eigenvalue weighted by molar-refractivity contribution is 0.197. The van der Waals surface area contributed by atoms with Crippen molar-refractivity contribution in [2.75, 3.05) is 26.2 Å². The van der Waals surface area contributed by atoms with Gasteiger partial charge in [-0.1, -0.05) is 30.9 Å². The second kappa shape index (κ2) is 7.86. The summed E-state index contributed by atoms with van der Waals surface area (Å²) in [7, 11) is 0. The van der Waals surface area contributed by atoms with Gasteiger partial charge >= 0.3 is 0 Å². The highest BCUT2D eigenvalue weighted by atomic mass is 16.3. The summed E-state index contributed by atoms with van der Waals surface area (Å²) >= 11 is 0. The van der Waals surface area contributed by atoms with Gasteiger partial charge in [0.1, 0.15) is 0 Å². The first-order chi connectivity index (χ1) is 8.30. The van der Waals surface area contributed by atoms with Gasteiger partial charge in [-0.15, -0.1) is 0 Å². The molecule has 1 rings (SSSR count). The van der Waals surface area contributed by atoms with Crippen LogP contribution in [0.25, 0.3) is 0 Å². The van der Waals surface area contributed by atoms with Crippen molar-refractivity contribution >= 4 is 0 Å². The molecule has 0 fully saturated rings. The Balaban J connectivity index is 2.61. The Hall–Kier alpha value is -1.34. The van der Waals surface area contributed by atoms with E-state index >= 15 is 0 Å². The standard InChI is InChI=1S/C14H20N2O/c1-2-16(10-11-17)12-14-7-5-13(6-8-14)4-3-9-15/h5-8,17H,2,9-12,15H2,1H3. The van der Waals surface area contributed by atoms with Crippen LogP contribution in [0.5, 0.6) is 0 Å². The lowest BCUT2D eigenvalue weighted by Gasteiger charge is -2.18. The summed E-state index contributed by atoms with van der Waals surface area (Å²) in [5.74, 6) is 5.83. The van der Waals surface area contributed by atoms with Crippen LogP contribution >= 0.6 is 0 Å². The third kappa shape index (κ3) is 5.01. The maximum atomic E-state index is 8.92. The second-order valence-electron chi connectivity index (χ2n) is 3.80. The van der Waals surface area contributed by atoms with E-state index in [4.69, 9.17) is 10.8 Å². The molecule has 0 spiro atoms. The van der Waals surface area contributed by atoms with Gasteiger partial charge in [-0.05, 0) is 24.2 Å². The first kappa shape index (κ1) is 13.7. The van der Waals surface area contributed by atoms with Gasteiger partial charge in [0.05, 0.1) is 13.2 Å². The molecule has 3 nitrogen and oxygen atoms in total. The van der Waals surface area contributed by atoms with Crippen LogP contribution in [0.15, 0.2) is 24.3 Å².